The zero-order valence-corrected chi connectivity index (χ0v) is 22.6. The fourth-order valence-electron chi connectivity index (χ4n) is 4.23. The highest BCUT2D eigenvalue weighted by Gasteiger charge is 2.39. The summed E-state index contributed by atoms with van der Waals surface area (Å²) in [6.45, 7) is 7.68. The number of unbranched alkanes of at least 4 members (excludes halogenated alkanes) is 12. The maximum absolute atomic E-state index is 12.1. The minimum Gasteiger partial charge on any atom is -0.469 e. The van der Waals surface area contributed by atoms with Gasteiger partial charge in [0.2, 0.25) is 4.93 Å². The third-order valence-electron chi connectivity index (χ3n) is 6.78. The van der Waals surface area contributed by atoms with Crippen LogP contribution in [0.25, 0.3) is 0 Å². The molecule has 1 unspecified atom stereocenters. The molecule has 0 radical (unpaired) electrons. The molecule has 0 amide bonds. The lowest BCUT2D eigenvalue weighted by Crippen LogP contribution is -2.41. The summed E-state index contributed by atoms with van der Waals surface area (Å²) >= 11 is 0. The van der Waals surface area contributed by atoms with Crippen molar-refractivity contribution in [3.63, 3.8) is 0 Å². The van der Waals surface area contributed by atoms with Crippen LogP contribution in [0.3, 0.4) is 0 Å². The number of hydrogen-bond donors (Lipinski definition) is 1. The SMILES string of the molecule is CCCCCCCCCc1cccc(CCCCCCCCC)c1OC(C)(CC)S(=O)(=O)O. The molecule has 0 bridgehead atoms. The van der Waals surface area contributed by atoms with Crippen molar-refractivity contribution in [1.82, 2.24) is 0 Å². The molecule has 1 rings (SSSR count). The Morgan fingerprint density at radius 1 is 0.727 bits per heavy atom. The minimum absolute atomic E-state index is 0.189. The average Bonchev–Trinajstić information content (AvgIpc) is 2.78. The van der Waals surface area contributed by atoms with Crippen LogP contribution in [-0.2, 0) is 23.0 Å². The van der Waals surface area contributed by atoms with Crippen molar-refractivity contribution < 1.29 is 17.7 Å². The highest BCUT2D eigenvalue weighted by atomic mass is 32.2. The second kappa shape index (κ2) is 16.5. The molecule has 0 heterocycles. The molecule has 0 fully saturated rings. The summed E-state index contributed by atoms with van der Waals surface area (Å²) < 4.78 is 40.2. The zero-order chi connectivity index (χ0) is 24.6. The molecular formula is C28H50O4S. The summed E-state index contributed by atoms with van der Waals surface area (Å²) in [6, 6.07) is 6.18. The standard InChI is InChI=1S/C28H50O4S/c1-5-8-10-12-14-16-18-21-25-23-20-24-26(22-19-17-15-13-11-9-6-2)27(25)32-28(4,7-3)33(29,30)31/h20,23-24H,5-19,21-22H2,1-4H3,(H,29,30,31). The molecule has 5 heteroatoms. The van der Waals surface area contributed by atoms with Crippen LogP contribution in [0.2, 0.25) is 0 Å². The van der Waals surface area contributed by atoms with Gasteiger partial charge in [-0.25, -0.2) is 0 Å². The van der Waals surface area contributed by atoms with Gasteiger partial charge in [0.25, 0.3) is 0 Å². The molecule has 1 aromatic carbocycles. The molecule has 1 N–H and O–H groups in total. The fraction of sp³-hybridized carbons (Fsp3) is 0.786. The molecule has 0 spiro atoms. The average molecular weight is 483 g/mol. The first-order chi connectivity index (χ1) is 15.8. The van der Waals surface area contributed by atoms with Crippen LogP contribution < -0.4 is 4.74 Å². The quantitative estimate of drug-likeness (QED) is 0.149. The van der Waals surface area contributed by atoms with Gasteiger partial charge in [0.05, 0.1) is 0 Å². The second-order valence-corrected chi connectivity index (χ2v) is 11.5. The van der Waals surface area contributed by atoms with Crippen LogP contribution in [0.1, 0.15) is 135 Å². The lowest BCUT2D eigenvalue weighted by Gasteiger charge is -2.29. The van der Waals surface area contributed by atoms with Crippen LogP contribution in [0.4, 0.5) is 0 Å². The summed E-state index contributed by atoms with van der Waals surface area (Å²) in [6.07, 6.45) is 19.2. The number of benzene rings is 1. The summed E-state index contributed by atoms with van der Waals surface area (Å²) in [4.78, 5) is -1.63. The Balaban J connectivity index is 2.86. The molecule has 0 saturated heterocycles. The van der Waals surface area contributed by atoms with Crippen LogP contribution >= 0.6 is 0 Å². The lowest BCUT2D eigenvalue weighted by molar-refractivity contribution is 0.151. The van der Waals surface area contributed by atoms with E-state index >= 15 is 0 Å². The van der Waals surface area contributed by atoms with Gasteiger partial charge < -0.3 is 4.74 Å². The Bertz CT molecular complexity index is 708. The molecule has 0 aliphatic heterocycles. The van der Waals surface area contributed by atoms with Gasteiger partial charge in [-0.15, -0.1) is 0 Å². The Morgan fingerprint density at radius 2 is 1.12 bits per heavy atom. The van der Waals surface area contributed by atoms with Crippen LogP contribution in [0.5, 0.6) is 5.75 Å². The van der Waals surface area contributed by atoms with Gasteiger partial charge in [0.1, 0.15) is 5.75 Å². The first-order valence-corrected chi connectivity index (χ1v) is 15.0. The van der Waals surface area contributed by atoms with E-state index in [4.69, 9.17) is 4.74 Å². The number of rotatable bonds is 20. The Morgan fingerprint density at radius 3 is 1.48 bits per heavy atom. The Hall–Kier alpha value is -1.07. The predicted octanol–water partition coefficient (Wildman–Crippen LogP) is 8.67. The van der Waals surface area contributed by atoms with Crippen LogP contribution in [0.15, 0.2) is 18.2 Å². The molecule has 0 aliphatic carbocycles. The van der Waals surface area contributed by atoms with Gasteiger partial charge in [-0.3, -0.25) is 4.55 Å². The van der Waals surface area contributed by atoms with E-state index in [0.29, 0.717) is 5.75 Å². The molecule has 1 atom stereocenters. The summed E-state index contributed by atoms with van der Waals surface area (Å²) in [5.41, 5.74) is 2.12. The van der Waals surface area contributed by atoms with Gasteiger partial charge >= 0.3 is 10.1 Å². The van der Waals surface area contributed by atoms with Crippen molar-refractivity contribution in [2.75, 3.05) is 0 Å². The molecule has 1 aromatic rings. The van der Waals surface area contributed by atoms with E-state index in [9.17, 15) is 13.0 Å². The zero-order valence-electron chi connectivity index (χ0n) is 21.8. The van der Waals surface area contributed by atoms with Gasteiger partial charge in [0.15, 0.2) is 0 Å². The molecule has 192 valence electrons. The topological polar surface area (TPSA) is 63.6 Å². The minimum atomic E-state index is -4.34. The van der Waals surface area contributed by atoms with Gasteiger partial charge in [-0.1, -0.05) is 116 Å². The number of para-hydroxylation sites is 1. The summed E-state index contributed by atoms with van der Waals surface area (Å²) in [5, 5.41) is 0. The maximum atomic E-state index is 12.1. The van der Waals surface area contributed by atoms with Crippen molar-refractivity contribution in [2.24, 2.45) is 0 Å². The van der Waals surface area contributed by atoms with Gasteiger partial charge in [0, 0.05) is 6.42 Å². The van der Waals surface area contributed by atoms with Crippen LogP contribution in [0, 0.1) is 0 Å². The highest BCUT2D eigenvalue weighted by molar-refractivity contribution is 7.87. The first kappa shape index (κ1) is 30.0. The largest absolute Gasteiger partial charge is 0.469 e. The number of aryl methyl sites for hydroxylation is 2. The van der Waals surface area contributed by atoms with Crippen molar-refractivity contribution >= 4 is 10.1 Å². The van der Waals surface area contributed by atoms with Crippen molar-refractivity contribution in [3.05, 3.63) is 29.3 Å². The second-order valence-electron chi connectivity index (χ2n) is 9.71. The fourth-order valence-corrected chi connectivity index (χ4v) is 4.78. The third-order valence-corrected chi connectivity index (χ3v) is 8.25. The van der Waals surface area contributed by atoms with E-state index in [0.717, 1.165) is 36.8 Å². The van der Waals surface area contributed by atoms with E-state index in [1.54, 1.807) is 6.92 Å². The summed E-state index contributed by atoms with van der Waals surface area (Å²) in [7, 11) is -4.34. The predicted molar refractivity (Wildman–Crippen MR) is 141 cm³/mol. The highest BCUT2D eigenvalue weighted by Crippen LogP contribution is 2.34. The first-order valence-electron chi connectivity index (χ1n) is 13.6. The van der Waals surface area contributed by atoms with Gasteiger partial charge in [-0.2, -0.15) is 8.42 Å². The van der Waals surface area contributed by atoms with E-state index in [-0.39, 0.29) is 6.42 Å². The summed E-state index contributed by atoms with van der Waals surface area (Å²) in [5.74, 6) is 0.677. The monoisotopic (exact) mass is 482 g/mol. The molecule has 0 saturated carbocycles. The molecule has 0 aliphatic rings. The maximum Gasteiger partial charge on any atom is 0.306 e. The van der Waals surface area contributed by atoms with Crippen molar-refractivity contribution in [3.8, 4) is 5.75 Å². The number of ether oxygens (including phenoxy) is 1. The smallest absolute Gasteiger partial charge is 0.306 e. The molecule has 33 heavy (non-hydrogen) atoms. The normalized spacial score (nSPS) is 13.7. The van der Waals surface area contributed by atoms with Gasteiger partial charge in [-0.05, 0) is 43.7 Å². The van der Waals surface area contributed by atoms with E-state index < -0.39 is 15.1 Å². The van der Waals surface area contributed by atoms with Crippen LogP contribution in [-0.4, -0.2) is 17.9 Å². The number of hydrogen-bond acceptors (Lipinski definition) is 3. The molecular weight excluding hydrogens is 432 g/mol. The Kier molecular flexibility index (Phi) is 15.0. The molecule has 4 nitrogen and oxygen atoms in total. The van der Waals surface area contributed by atoms with Crippen molar-refractivity contribution in [1.29, 1.82) is 0 Å². The van der Waals surface area contributed by atoms with E-state index in [1.165, 1.54) is 84.0 Å². The Labute approximate surface area is 204 Å². The molecule has 0 aromatic heterocycles. The van der Waals surface area contributed by atoms with Crippen molar-refractivity contribution in [2.45, 2.75) is 142 Å². The lowest BCUT2D eigenvalue weighted by atomic mass is 9.98. The van der Waals surface area contributed by atoms with E-state index in [2.05, 4.69) is 32.0 Å². The van der Waals surface area contributed by atoms with E-state index in [1.807, 2.05) is 0 Å². The third kappa shape index (κ3) is 11.3.